The summed E-state index contributed by atoms with van der Waals surface area (Å²) in [5.41, 5.74) is 7.88. The van der Waals surface area contributed by atoms with Crippen LogP contribution < -0.4 is 26.8 Å². The molecule has 0 unspecified atom stereocenters. The molecule has 0 aliphatic carbocycles. The Bertz CT molecular complexity index is 1260. The second-order valence-electron chi connectivity index (χ2n) is 9.63. The van der Waals surface area contributed by atoms with Gasteiger partial charge in [0.2, 0.25) is 0 Å². The predicted octanol–water partition coefficient (Wildman–Crippen LogP) is 4.56. The Balaban J connectivity index is 0.000000301. The second-order valence-corrected chi connectivity index (χ2v) is 9.63. The maximum Gasteiger partial charge on any atom is 0.130 e. The van der Waals surface area contributed by atoms with E-state index in [0.29, 0.717) is 0 Å². The van der Waals surface area contributed by atoms with Crippen molar-refractivity contribution in [1.29, 1.82) is 0 Å². The van der Waals surface area contributed by atoms with E-state index in [0.717, 1.165) is 0 Å². The number of quaternary nitrogens is 1. The third-order valence-electron chi connectivity index (χ3n) is 7.05. The Morgan fingerprint density at radius 3 is 1.14 bits per heavy atom. The highest BCUT2D eigenvalue weighted by Gasteiger charge is 2.31. The summed E-state index contributed by atoms with van der Waals surface area (Å²) in [6.45, 7) is 2.06. The zero-order valence-electron chi connectivity index (χ0n) is 22.1. The zero-order valence-corrected chi connectivity index (χ0v) is 22.1. The van der Waals surface area contributed by atoms with Gasteiger partial charge < -0.3 is 4.90 Å². The Kier molecular flexibility index (Phi) is 8.91. The minimum Gasteiger partial charge on any atom is -0.307 e. The lowest BCUT2D eigenvalue weighted by Gasteiger charge is -2.44. The van der Waals surface area contributed by atoms with Crippen molar-refractivity contribution >= 4 is 39.8 Å². The maximum absolute atomic E-state index is 2.29. The van der Waals surface area contributed by atoms with E-state index in [-0.39, 0.29) is 0 Å². The van der Waals surface area contributed by atoms with Crippen LogP contribution in [-0.2, 0) is 0 Å². The van der Waals surface area contributed by atoms with Crippen molar-refractivity contribution in [3.05, 3.63) is 157 Å². The first-order chi connectivity index (χ1) is 18.2. The highest BCUT2D eigenvalue weighted by Crippen LogP contribution is 2.11. The van der Waals surface area contributed by atoms with Gasteiger partial charge in [0.15, 0.2) is 0 Å². The fourth-order valence-electron chi connectivity index (χ4n) is 5.24. The molecule has 2 heteroatoms. The van der Waals surface area contributed by atoms with Crippen molar-refractivity contribution < 1.29 is 4.90 Å². The molecule has 0 heterocycles. The van der Waals surface area contributed by atoms with Crippen molar-refractivity contribution in [3.63, 3.8) is 0 Å². The average Bonchev–Trinajstić information content (AvgIpc) is 2.97. The maximum atomic E-state index is 2.29. The van der Waals surface area contributed by atoms with Crippen molar-refractivity contribution in [1.82, 2.24) is 0 Å². The van der Waals surface area contributed by atoms with Gasteiger partial charge in [0.1, 0.15) is 11.8 Å². The first-order valence-corrected chi connectivity index (χ1v) is 13.1. The summed E-state index contributed by atoms with van der Waals surface area (Å²) in [5, 5.41) is 0. The highest BCUT2D eigenvalue weighted by molar-refractivity contribution is 7.19. The van der Waals surface area contributed by atoms with Gasteiger partial charge in [0.05, 0.1) is 14.1 Å². The van der Waals surface area contributed by atoms with E-state index in [1.54, 1.807) is 0 Å². The van der Waals surface area contributed by atoms with E-state index in [9.17, 15) is 0 Å². The molecule has 1 N–H and O–H groups in total. The normalized spacial score (nSPS) is 11.2. The molecule has 0 bridgehead atoms. The van der Waals surface area contributed by atoms with Crippen LogP contribution in [-0.4, -0.2) is 20.2 Å². The van der Waals surface area contributed by atoms with Crippen molar-refractivity contribution in [2.75, 3.05) is 14.1 Å². The molecule has 5 aromatic rings. The fraction of sp³-hybridized carbons (Fsp3) is 0.0857. The minimum absolute atomic E-state index is 1.23. The molecule has 0 radical (unpaired) electrons. The first kappa shape index (κ1) is 25.9. The summed E-state index contributed by atoms with van der Waals surface area (Å²) in [6.07, 6.45) is 2.96. The van der Waals surface area contributed by atoms with Crippen LogP contribution in [0.4, 0.5) is 5.69 Å². The number of rotatable bonds is 6. The van der Waals surface area contributed by atoms with Crippen molar-refractivity contribution in [2.24, 2.45) is 0 Å². The Labute approximate surface area is 222 Å². The summed E-state index contributed by atoms with van der Waals surface area (Å²) >= 11 is 0. The topological polar surface area (TPSA) is 4.44 Å². The molecule has 5 aromatic carbocycles. The Morgan fingerprint density at radius 1 is 0.459 bits per heavy atom. The standard InChI is InChI=1S/C27H24B.C8H11N/c1-2-12-23-19-21-27(22-20-23)28(24-13-6-3-7-14-24,25-15-8-4-9-16-25)26-17-10-5-11-18-26;1-9(2)8-6-4-3-5-7-8/h2-22H,1H3;3-7H,1-2H3/q-1;/p+1/b12-2-;. The monoisotopic (exact) mass is 481 g/mol. The number of benzene rings is 5. The van der Waals surface area contributed by atoms with Crippen LogP contribution in [0.2, 0.25) is 0 Å². The van der Waals surface area contributed by atoms with E-state index >= 15 is 0 Å². The van der Waals surface area contributed by atoms with E-state index in [2.05, 4.69) is 173 Å². The first-order valence-electron chi connectivity index (χ1n) is 13.1. The van der Waals surface area contributed by atoms with Gasteiger partial charge in [-0.25, -0.2) is 0 Å². The summed E-state index contributed by atoms with van der Waals surface area (Å²) in [6, 6.07) is 52.2. The molecule has 0 aliphatic heterocycles. The number of para-hydroxylation sites is 1. The largest absolute Gasteiger partial charge is 0.307 e. The summed E-state index contributed by atoms with van der Waals surface area (Å²) in [4.78, 5) is 1.37. The lowest BCUT2D eigenvalue weighted by molar-refractivity contribution is -0.786. The van der Waals surface area contributed by atoms with Gasteiger partial charge in [-0.3, -0.25) is 0 Å². The van der Waals surface area contributed by atoms with E-state index < -0.39 is 6.15 Å². The number of hydrogen-bond acceptors (Lipinski definition) is 0. The van der Waals surface area contributed by atoms with Gasteiger partial charge in [0.25, 0.3) is 0 Å². The number of hydrogen-bond donors (Lipinski definition) is 1. The summed E-state index contributed by atoms with van der Waals surface area (Å²) in [7, 11) is 4.24. The van der Waals surface area contributed by atoms with Crippen LogP contribution in [0.15, 0.2) is 152 Å². The van der Waals surface area contributed by atoms with Gasteiger partial charge in [-0.05, 0) is 24.6 Å². The van der Waals surface area contributed by atoms with Crippen LogP contribution in [0.25, 0.3) is 6.08 Å². The van der Waals surface area contributed by atoms with Crippen LogP contribution in [0.1, 0.15) is 12.5 Å². The molecule has 5 rings (SSSR count). The summed E-state index contributed by atoms with van der Waals surface area (Å²) < 4.78 is 0. The lowest BCUT2D eigenvalue weighted by Crippen LogP contribution is -3.00. The highest BCUT2D eigenvalue weighted by atomic mass is 15.1. The van der Waals surface area contributed by atoms with E-state index in [1.807, 2.05) is 6.07 Å². The third kappa shape index (κ3) is 5.99. The minimum atomic E-state index is -1.27. The molecule has 0 saturated carbocycles. The van der Waals surface area contributed by atoms with Crippen molar-refractivity contribution in [2.45, 2.75) is 6.92 Å². The van der Waals surface area contributed by atoms with Gasteiger partial charge in [-0.1, -0.05) is 146 Å². The SMILES string of the molecule is C/C=C\c1ccc([B-](c2ccccc2)(c2ccccc2)c2ccccc2)cc1.C[NH+](C)c1ccccc1. The molecule has 0 amide bonds. The quantitative estimate of drug-likeness (QED) is 0.339. The lowest BCUT2D eigenvalue weighted by atomic mass is 9.13. The van der Waals surface area contributed by atoms with Crippen LogP contribution in [0.3, 0.4) is 0 Å². The molecule has 0 spiro atoms. The molecule has 184 valence electrons. The summed E-state index contributed by atoms with van der Waals surface area (Å²) in [5.74, 6) is 0. The Morgan fingerprint density at radius 2 is 0.811 bits per heavy atom. The molecular formula is C35H36BN. The second kappa shape index (κ2) is 12.7. The Hall–Kier alpha value is -4.14. The molecule has 1 nitrogen and oxygen atoms in total. The molecule has 37 heavy (non-hydrogen) atoms. The van der Waals surface area contributed by atoms with Gasteiger partial charge in [-0.2, -0.15) is 21.9 Å². The zero-order chi connectivity index (χ0) is 25.9. The van der Waals surface area contributed by atoms with E-state index in [4.69, 9.17) is 0 Å². The molecular weight excluding hydrogens is 445 g/mol. The van der Waals surface area contributed by atoms with Crippen LogP contribution >= 0.6 is 0 Å². The number of nitrogens with one attached hydrogen (secondary N) is 1. The average molecular weight is 481 g/mol. The smallest absolute Gasteiger partial charge is 0.130 e. The fourth-order valence-corrected chi connectivity index (χ4v) is 5.24. The third-order valence-corrected chi connectivity index (χ3v) is 7.05. The number of allylic oxidation sites excluding steroid dienone is 1. The van der Waals surface area contributed by atoms with Crippen LogP contribution in [0, 0.1) is 0 Å². The molecule has 0 atom stereocenters. The molecule has 0 saturated heterocycles. The van der Waals surface area contributed by atoms with Gasteiger partial charge in [-0.15, -0.1) is 0 Å². The molecule has 0 aliphatic rings. The van der Waals surface area contributed by atoms with Crippen molar-refractivity contribution in [3.8, 4) is 0 Å². The molecule has 0 aromatic heterocycles. The predicted molar refractivity (Wildman–Crippen MR) is 164 cm³/mol. The van der Waals surface area contributed by atoms with E-state index in [1.165, 1.54) is 38.0 Å². The van der Waals surface area contributed by atoms with Crippen LogP contribution in [0.5, 0.6) is 0 Å². The van der Waals surface area contributed by atoms with Gasteiger partial charge in [0, 0.05) is 0 Å². The molecule has 0 fully saturated rings. The van der Waals surface area contributed by atoms with Gasteiger partial charge >= 0.3 is 0 Å².